The van der Waals surface area contributed by atoms with E-state index in [4.69, 9.17) is 11.6 Å². The maximum atomic E-state index is 10.9. The second kappa shape index (κ2) is 7.25. The summed E-state index contributed by atoms with van der Waals surface area (Å²) in [5.41, 5.74) is 1.09. The highest BCUT2D eigenvalue weighted by Gasteiger charge is 1.99. The summed E-state index contributed by atoms with van der Waals surface area (Å²) >= 11 is 6.01. The van der Waals surface area contributed by atoms with Gasteiger partial charge >= 0.3 is 0 Å². The Morgan fingerprint density at radius 3 is 2.81 bits per heavy atom. The second-order valence-electron chi connectivity index (χ2n) is 3.54. The number of amides is 1. The van der Waals surface area contributed by atoms with Gasteiger partial charge in [-0.2, -0.15) is 0 Å². The lowest BCUT2D eigenvalue weighted by Crippen LogP contribution is -2.21. The molecule has 0 aliphatic carbocycles. The Balaban J connectivity index is 2.17. The van der Waals surface area contributed by atoms with Crippen LogP contribution in [0.5, 0.6) is 0 Å². The molecule has 3 nitrogen and oxygen atoms in total. The summed E-state index contributed by atoms with van der Waals surface area (Å²) in [5, 5.41) is 6.63. The van der Waals surface area contributed by atoms with Gasteiger partial charge < -0.3 is 10.6 Å². The topological polar surface area (TPSA) is 41.1 Å². The zero-order chi connectivity index (χ0) is 11.8. The molecule has 0 heterocycles. The number of carbonyl (C=O) groups excluding carboxylic acids is 1. The summed E-state index contributed by atoms with van der Waals surface area (Å²) in [5.74, 6) is 0.0829. The van der Waals surface area contributed by atoms with Crippen molar-refractivity contribution >= 4 is 17.5 Å². The van der Waals surface area contributed by atoms with E-state index in [1.165, 1.54) is 0 Å². The zero-order valence-electron chi connectivity index (χ0n) is 9.42. The molecule has 0 unspecified atom stereocenters. The first-order chi connectivity index (χ1) is 7.74. The van der Waals surface area contributed by atoms with Gasteiger partial charge in [0, 0.05) is 25.0 Å². The predicted octanol–water partition coefficient (Wildman–Crippen LogP) is 1.96. The van der Waals surface area contributed by atoms with Crippen LogP contribution < -0.4 is 10.6 Å². The fraction of sp³-hybridized carbons (Fsp3) is 0.417. The number of carbonyl (C=O) groups is 1. The van der Waals surface area contributed by atoms with E-state index in [-0.39, 0.29) is 5.91 Å². The molecule has 2 N–H and O–H groups in total. The van der Waals surface area contributed by atoms with Gasteiger partial charge in [-0.05, 0) is 24.6 Å². The largest absolute Gasteiger partial charge is 0.359 e. The van der Waals surface area contributed by atoms with Gasteiger partial charge in [0.15, 0.2) is 0 Å². The molecule has 0 aliphatic rings. The normalized spacial score (nSPS) is 10.1. The summed E-state index contributed by atoms with van der Waals surface area (Å²) < 4.78 is 0. The third kappa shape index (κ3) is 4.64. The molecule has 0 aliphatic heterocycles. The first-order valence-corrected chi connectivity index (χ1v) is 5.76. The number of benzene rings is 1. The molecule has 1 amide bonds. The molecule has 1 rings (SSSR count). The van der Waals surface area contributed by atoms with Crippen LogP contribution in [0.1, 0.15) is 18.4 Å². The Kier molecular flexibility index (Phi) is 5.90. The van der Waals surface area contributed by atoms with Crippen molar-refractivity contribution in [2.75, 3.05) is 13.6 Å². The van der Waals surface area contributed by atoms with E-state index >= 15 is 0 Å². The highest BCUT2D eigenvalue weighted by atomic mass is 35.5. The summed E-state index contributed by atoms with van der Waals surface area (Å²) in [4.78, 5) is 10.9. The van der Waals surface area contributed by atoms with E-state index in [1.807, 2.05) is 24.3 Å². The first-order valence-electron chi connectivity index (χ1n) is 5.38. The molecule has 0 saturated carbocycles. The number of halogens is 1. The minimum atomic E-state index is 0.0829. The molecule has 1 aromatic rings. The van der Waals surface area contributed by atoms with E-state index in [0.29, 0.717) is 6.42 Å². The zero-order valence-corrected chi connectivity index (χ0v) is 10.2. The Morgan fingerprint density at radius 2 is 2.12 bits per heavy atom. The van der Waals surface area contributed by atoms with Gasteiger partial charge in [-0.15, -0.1) is 0 Å². The van der Waals surface area contributed by atoms with Crippen LogP contribution in [0.25, 0.3) is 0 Å². The molecule has 16 heavy (non-hydrogen) atoms. The van der Waals surface area contributed by atoms with Crippen LogP contribution in [0, 0.1) is 0 Å². The predicted molar refractivity (Wildman–Crippen MR) is 66.5 cm³/mol. The van der Waals surface area contributed by atoms with Crippen LogP contribution in [0.4, 0.5) is 0 Å². The van der Waals surface area contributed by atoms with Crippen LogP contribution in [0.2, 0.25) is 5.02 Å². The van der Waals surface area contributed by atoms with Gasteiger partial charge in [0.2, 0.25) is 5.91 Å². The first kappa shape index (κ1) is 13.0. The summed E-state index contributed by atoms with van der Waals surface area (Å²) in [7, 11) is 1.65. The van der Waals surface area contributed by atoms with Crippen molar-refractivity contribution in [1.82, 2.24) is 10.6 Å². The van der Waals surface area contributed by atoms with E-state index in [9.17, 15) is 4.79 Å². The van der Waals surface area contributed by atoms with Crippen LogP contribution in [-0.2, 0) is 11.3 Å². The SMILES string of the molecule is CNC(=O)CCCNCc1ccccc1Cl. The number of hydrogen-bond acceptors (Lipinski definition) is 2. The highest BCUT2D eigenvalue weighted by molar-refractivity contribution is 6.31. The number of rotatable bonds is 6. The van der Waals surface area contributed by atoms with Crippen molar-refractivity contribution in [2.24, 2.45) is 0 Å². The van der Waals surface area contributed by atoms with Crippen molar-refractivity contribution in [2.45, 2.75) is 19.4 Å². The molecule has 88 valence electrons. The van der Waals surface area contributed by atoms with Crippen molar-refractivity contribution in [1.29, 1.82) is 0 Å². The fourth-order valence-electron chi connectivity index (χ4n) is 1.36. The van der Waals surface area contributed by atoms with Gasteiger partial charge in [0.1, 0.15) is 0 Å². The van der Waals surface area contributed by atoms with Crippen molar-refractivity contribution in [3.05, 3.63) is 34.9 Å². The average molecular weight is 241 g/mol. The average Bonchev–Trinajstić information content (AvgIpc) is 2.30. The van der Waals surface area contributed by atoms with Gasteiger partial charge in [0.05, 0.1) is 0 Å². The summed E-state index contributed by atoms with van der Waals surface area (Å²) in [6.07, 6.45) is 1.40. The molecule has 0 aromatic heterocycles. The van der Waals surface area contributed by atoms with Crippen molar-refractivity contribution < 1.29 is 4.79 Å². The van der Waals surface area contributed by atoms with Crippen LogP contribution in [-0.4, -0.2) is 19.5 Å². The summed E-state index contributed by atoms with van der Waals surface area (Å²) in [6, 6.07) is 7.75. The second-order valence-corrected chi connectivity index (χ2v) is 3.95. The molecule has 0 bridgehead atoms. The van der Waals surface area contributed by atoms with Crippen molar-refractivity contribution in [3.63, 3.8) is 0 Å². The van der Waals surface area contributed by atoms with E-state index in [2.05, 4.69) is 10.6 Å². The molecule has 0 atom stereocenters. The maximum absolute atomic E-state index is 10.9. The monoisotopic (exact) mass is 240 g/mol. The number of hydrogen-bond donors (Lipinski definition) is 2. The Hall–Kier alpha value is -1.06. The fourth-order valence-corrected chi connectivity index (χ4v) is 1.57. The third-order valence-electron chi connectivity index (χ3n) is 2.31. The minimum Gasteiger partial charge on any atom is -0.359 e. The molecule has 0 saturated heterocycles. The van der Waals surface area contributed by atoms with Gasteiger partial charge in [-0.25, -0.2) is 0 Å². The lowest BCUT2D eigenvalue weighted by atomic mass is 10.2. The molecule has 0 radical (unpaired) electrons. The maximum Gasteiger partial charge on any atom is 0.219 e. The molecule has 0 fully saturated rings. The van der Waals surface area contributed by atoms with Crippen LogP contribution in [0.15, 0.2) is 24.3 Å². The van der Waals surface area contributed by atoms with Gasteiger partial charge in [-0.1, -0.05) is 29.8 Å². The molecule has 4 heteroatoms. The highest BCUT2D eigenvalue weighted by Crippen LogP contribution is 2.14. The Bertz CT molecular complexity index is 342. The number of nitrogens with one attached hydrogen (secondary N) is 2. The van der Waals surface area contributed by atoms with E-state index < -0.39 is 0 Å². The quantitative estimate of drug-likeness (QED) is 0.747. The molecule has 0 spiro atoms. The standard InChI is InChI=1S/C12H17ClN2O/c1-14-12(16)7-4-8-15-9-10-5-2-3-6-11(10)13/h2-3,5-6,15H,4,7-9H2,1H3,(H,14,16). The lowest BCUT2D eigenvalue weighted by Gasteiger charge is -2.06. The Morgan fingerprint density at radius 1 is 1.38 bits per heavy atom. The Labute approximate surface area is 101 Å². The molecular weight excluding hydrogens is 224 g/mol. The molecular formula is C12H17ClN2O. The third-order valence-corrected chi connectivity index (χ3v) is 2.68. The molecule has 1 aromatic carbocycles. The summed E-state index contributed by atoms with van der Waals surface area (Å²) in [6.45, 7) is 1.56. The van der Waals surface area contributed by atoms with E-state index in [1.54, 1.807) is 7.05 Å². The smallest absolute Gasteiger partial charge is 0.219 e. The van der Waals surface area contributed by atoms with Gasteiger partial charge in [0.25, 0.3) is 0 Å². The van der Waals surface area contributed by atoms with Crippen LogP contribution >= 0.6 is 11.6 Å². The lowest BCUT2D eigenvalue weighted by molar-refractivity contribution is -0.120. The van der Waals surface area contributed by atoms with Gasteiger partial charge in [-0.3, -0.25) is 4.79 Å². The van der Waals surface area contributed by atoms with Crippen molar-refractivity contribution in [3.8, 4) is 0 Å². The van der Waals surface area contributed by atoms with Crippen LogP contribution in [0.3, 0.4) is 0 Å². The van der Waals surface area contributed by atoms with E-state index in [0.717, 1.165) is 30.1 Å². The minimum absolute atomic E-state index is 0.0829.